The highest BCUT2D eigenvalue weighted by Crippen LogP contribution is 2.42. The van der Waals surface area contributed by atoms with Crippen molar-refractivity contribution in [2.45, 2.75) is 30.6 Å². The van der Waals surface area contributed by atoms with Gasteiger partial charge in [0.15, 0.2) is 0 Å². The van der Waals surface area contributed by atoms with Crippen molar-refractivity contribution in [3.05, 3.63) is 77.9 Å². The van der Waals surface area contributed by atoms with Crippen molar-refractivity contribution in [3.8, 4) is 0 Å². The lowest BCUT2D eigenvalue weighted by Crippen LogP contribution is -2.23. The van der Waals surface area contributed by atoms with Gasteiger partial charge in [0, 0.05) is 16.6 Å². The summed E-state index contributed by atoms with van der Waals surface area (Å²) in [7, 11) is 0. The van der Waals surface area contributed by atoms with Gasteiger partial charge in [-0.05, 0) is 48.9 Å². The minimum Gasteiger partial charge on any atom is -0.126 e. The van der Waals surface area contributed by atoms with Crippen LogP contribution >= 0.6 is 11.8 Å². The summed E-state index contributed by atoms with van der Waals surface area (Å²) in [6.07, 6.45) is 2.48. The molecule has 0 fully saturated rings. The van der Waals surface area contributed by atoms with E-state index >= 15 is 0 Å². The molecule has 0 bridgehead atoms. The highest BCUT2D eigenvalue weighted by atomic mass is 32.2. The fraction of sp³-hybridized carbons (Fsp3) is 0.300. The van der Waals surface area contributed by atoms with Crippen LogP contribution in [0.2, 0.25) is 0 Å². The first-order valence-corrected chi connectivity index (χ1v) is 8.65. The Morgan fingerprint density at radius 2 is 1.81 bits per heavy atom. The molecule has 0 aliphatic heterocycles. The Bertz CT molecular complexity index is 615. The maximum atomic E-state index is 4.27. The monoisotopic (exact) mass is 294 g/mol. The summed E-state index contributed by atoms with van der Waals surface area (Å²) in [5.41, 5.74) is 4.34. The van der Waals surface area contributed by atoms with Crippen molar-refractivity contribution in [2.24, 2.45) is 5.92 Å². The molecule has 1 aliphatic carbocycles. The van der Waals surface area contributed by atoms with Gasteiger partial charge >= 0.3 is 0 Å². The van der Waals surface area contributed by atoms with E-state index in [-0.39, 0.29) is 0 Å². The summed E-state index contributed by atoms with van der Waals surface area (Å²) in [4.78, 5) is 1.37. The number of hydrogen-bond acceptors (Lipinski definition) is 1. The summed E-state index contributed by atoms with van der Waals surface area (Å²) < 4.78 is 0. The number of aryl methyl sites for hydroxylation is 1. The average Bonchev–Trinajstić information content (AvgIpc) is 2.53. The van der Waals surface area contributed by atoms with E-state index in [0.29, 0.717) is 11.8 Å². The first-order chi connectivity index (χ1) is 10.3. The Balaban J connectivity index is 1.78. The summed E-state index contributed by atoms with van der Waals surface area (Å²) in [5.74, 6) is 2.39. The van der Waals surface area contributed by atoms with E-state index in [1.54, 1.807) is 0 Å². The zero-order valence-corrected chi connectivity index (χ0v) is 13.4. The van der Waals surface area contributed by atoms with Crippen molar-refractivity contribution in [1.82, 2.24) is 0 Å². The van der Waals surface area contributed by atoms with Gasteiger partial charge in [-0.1, -0.05) is 54.6 Å². The lowest BCUT2D eigenvalue weighted by atomic mass is 9.73. The molecule has 0 unspecified atom stereocenters. The molecule has 108 valence electrons. The first-order valence-electron chi connectivity index (χ1n) is 7.67. The maximum Gasteiger partial charge on any atom is 0.00818 e. The molecule has 0 amide bonds. The largest absolute Gasteiger partial charge is 0.126 e. The fourth-order valence-corrected chi connectivity index (χ4v) is 4.51. The van der Waals surface area contributed by atoms with Crippen LogP contribution in [0.25, 0.3) is 0 Å². The predicted octanol–water partition coefficient (Wildman–Crippen LogP) is 5.70. The van der Waals surface area contributed by atoms with Gasteiger partial charge in [0.2, 0.25) is 0 Å². The minimum absolute atomic E-state index is 0.520. The average molecular weight is 294 g/mol. The van der Waals surface area contributed by atoms with Gasteiger partial charge in [0.05, 0.1) is 0 Å². The summed E-state index contributed by atoms with van der Waals surface area (Å²) >= 11 is 1.98. The molecule has 2 aromatic rings. The summed E-state index contributed by atoms with van der Waals surface area (Å²) in [5, 5.41) is 0. The van der Waals surface area contributed by atoms with E-state index < -0.39 is 0 Å². The van der Waals surface area contributed by atoms with Crippen LogP contribution in [0.5, 0.6) is 0 Å². The van der Waals surface area contributed by atoms with Gasteiger partial charge in [-0.15, -0.1) is 11.8 Å². The highest BCUT2D eigenvalue weighted by molar-refractivity contribution is 7.99. The number of benzene rings is 2. The third-order valence-electron chi connectivity index (χ3n) is 4.38. The van der Waals surface area contributed by atoms with Gasteiger partial charge in [-0.2, -0.15) is 0 Å². The van der Waals surface area contributed by atoms with Crippen molar-refractivity contribution in [3.63, 3.8) is 0 Å². The van der Waals surface area contributed by atoms with Crippen LogP contribution in [0, 0.1) is 5.92 Å². The van der Waals surface area contributed by atoms with E-state index in [2.05, 4.69) is 68.1 Å². The van der Waals surface area contributed by atoms with Crippen LogP contribution in [0.4, 0.5) is 0 Å². The van der Waals surface area contributed by atoms with Gasteiger partial charge in [0.25, 0.3) is 0 Å². The van der Waals surface area contributed by atoms with E-state index in [0.717, 1.165) is 0 Å². The third-order valence-corrected chi connectivity index (χ3v) is 5.58. The molecule has 0 radical (unpaired) electrons. The summed E-state index contributed by atoms with van der Waals surface area (Å²) in [6.45, 7) is 6.46. The lowest BCUT2D eigenvalue weighted by molar-refractivity contribution is 0.449. The Morgan fingerprint density at radius 1 is 1.10 bits per heavy atom. The molecule has 21 heavy (non-hydrogen) atoms. The fourth-order valence-electron chi connectivity index (χ4n) is 3.39. The van der Waals surface area contributed by atoms with Crippen molar-refractivity contribution in [1.29, 1.82) is 0 Å². The topological polar surface area (TPSA) is 0 Å². The van der Waals surface area contributed by atoms with Crippen LogP contribution in [-0.2, 0) is 6.42 Å². The van der Waals surface area contributed by atoms with Crippen molar-refractivity contribution >= 4 is 11.8 Å². The van der Waals surface area contributed by atoms with E-state index in [1.165, 1.54) is 40.2 Å². The molecule has 2 aromatic carbocycles. The Labute approximate surface area is 132 Å². The second-order valence-corrected chi connectivity index (χ2v) is 7.04. The highest BCUT2D eigenvalue weighted by Gasteiger charge is 2.29. The zero-order chi connectivity index (χ0) is 14.7. The van der Waals surface area contributed by atoms with Gasteiger partial charge in [-0.3, -0.25) is 0 Å². The Morgan fingerprint density at radius 3 is 2.57 bits per heavy atom. The second kappa shape index (κ2) is 6.53. The first kappa shape index (κ1) is 14.5. The van der Waals surface area contributed by atoms with Crippen molar-refractivity contribution in [2.75, 3.05) is 5.75 Å². The number of rotatable bonds is 4. The van der Waals surface area contributed by atoms with Crippen LogP contribution in [0.15, 0.2) is 71.6 Å². The quantitative estimate of drug-likeness (QED) is 0.515. The number of hydrogen-bond donors (Lipinski definition) is 0. The molecule has 2 atom stereocenters. The van der Waals surface area contributed by atoms with Gasteiger partial charge in [0.1, 0.15) is 0 Å². The molecule has 0 saturated carbocycles. The van der Waals surface area contributed by atoms with E-state index in [9.17, 15) is 0 Å². The molecule has 1 aliphatic rings. The number of fused-ring (bicyclic) bond motifs is 1. The standard InChI is InChI=1S/C20H22S/c1-15(2)20-17(14-21-18-9-4-3-5-10-18)13-12-16-8-6-7-11-19(16)20/h3-11,17,20H,1,12-14H2,2H3/t17-,20+/m0/s1. The molecular formula is C20H22S. The van der Waals surface area contributed by atoms with Crippen LogP contribution in [0.1, 0.15) is 30.4 Å². The van der Waals surface area contributed by atoms with Gasteiger partial charge < -0.3 is 0 Å². The maximum absolute atomic E-state index is 4.27. The molecule has 0 nitrogen and oxygen atoms in total. The molecule has 0 spiro atoms. The SMILES string of the molecule is C=C(C)[C@H]1c2ccccc2CC[C@H]1CSc1ccccc1. The third kappa shape index (κ3) is 3.24. The Kier molecular flexibility index (Phi) is 4.50. The van der Waals surface area contributed by atoms with Crippen LogP contribution in [0.3, 0.4) is 0 Å². The molecule has 1 heteroatoms. The zero-order valence-electron chi connectivity index (χ0n) is 12.6. The Hall–Kier alpha value is -1.47. The van der Waals surface area contributed by atoms with Gasteiger partial charge in [-0.25, -0.2) is 0 Å². The van der Waals surface area contributed by atoms with E-state index in [4.69, 9.17) is 0 Å². The van der Waals surface area contributed by atoms with Crippen LogP contribution < -0.4 is 0 Å². The van der Waals surface area contributed by atoms with Crippen molar-refractivity contribution < 1.29 is 0 Å². The molecule has 0 heterocycles. The summed E-state index contributed by atoms with van der Waals surface area (Å²) in [6, 6.07) is 19.6. The molecule has 0 aromatic heterocycles. The smallest absolute Gasteiger partial charge is 0.00818 e. The number of allylic oxidation sites excluding steroid dienone is 1. The normalized spacial score (nSPS) is 20.8. The molecule has 0 N–H and O–H groups in total. The lowest BCUT2D eigenvalue weighted by Gasteiger charge is -2.34. The predicted molar refractivity (Wildman–Crippen MR) is 93.0 cm³/mol. The minimum atomic E-state index is 0.520. The van der Waals surface area contributed by atoms with E-state index in [1.807, 2.05) is 11.8 Å². The van der Waals surface area contributed by atoms with Crippen LogP contribution in [-0.4, -0.2) is 5.75 Å². The molecule has 0 saturated heterocycles. The number of thioether (sulfide) groups is 1. The second-order valence-electron chi connectivity index (χ2n) is 5.95. The molecular weight excluding hydrogens is 272 g/mol. The molecule has 3 rings (SSSR count).